The van der Waals surface area contributed by atoms with Gasteiger partial charge in [-0.3, -0.25) is 19.4 Å². The first-order valence-electron chi connectivity index (χ1n) is 9.91. The third kappa shape index (κ3) is 4.05. The van der Waals surface area contributed by atoms with E-state index in [2.05, 4.69) is 33.0 Å². The summed E-state index contributed by atoms with van der Waals surface area (Å²) in [4.78, 5) is 21.1. The first kappa shape index (κ1) is 18.2. The number of piperidine rings is 2. The smallest absolute Gasteiger partial charge is 0.222 e. The Morgan fingerprint density at radius 2 is 1.85 bits per heavy atom. The minimum absolute atomic E-state index is 0.293. The van der Waals surface area contributed by atoms with E-state index in [0.717, 1.165) is 38.3 Å². The second-order valence-electron chi connectivity index (χ2n) is 8.29. The fourth-order valence-corrected chi connectivity index (χ4v) is 4.59. The topological polar surface area (TPSA) is 54.3 Å². The zero-order valence-corrected chi connectivity index (χ0v) is 16.4. The molecule has 1 spiro atoms. The van der Waals surface area contributed by atoms with Crippen LogP contribution in [0.15, 0.2) is 30.7 Å². The number of carbonyl (C=O) groups excluding carboxylic acids is 1. The molecule has 4 rings (SSSR count). The standard InChI is InChI=1S/C21H29N5O/c1-17-19(14-24(2)23-17)15-25-11-7-21(8-12-25)6-3-20(27)26(16-21)13-18-4-9-22-10-5-18/h4-5,9-10,14H,3,6-8,11-13,15-16H2,1-2H3. The Morgan fingerprint density at radius 1 is 1.11 bits per heavy atom. The molecular formula is C21H29N5O. The van der Waals surface area contributed by atoms with Crippen molar-refractivity contribution in [2.75, 3.05) is 19.6 Å². The quantitative estimate of drug-likeness (QED) is 0.833. The molecule has 0 saturated carbocycles. The number of pyridine rings is 1. The Balaban J connectivity index is 1.37. The molecule has 6 nitrogen and oxygen atoms in total. The van der Waals surface area contributed by atoms with Crippen molar-refractivity contribution in [1.29, 1.82) is 0 Å². The van der Waals surface area contributed by atoms with Crippen molar-refractivity contribution in [2.24, 2.45) is 12.5 Å². The monoisotopic (exact) mass is 367 g/mol. The van der Waals surface area contributed by atoms with Crippen molar-refractivity contribution in [3.8, 4) is 0 Å². The second-order valence-corrected chi connectivity index (χ2v) is 8.29. The lowest BCUT2D eigenvalue weighted by Crippen LogP contribution is -2.51. The Morgan fingerprint density at radius 3 is 2.52 bits per heavy atom. The molecule has 144 valence electrons. The second kappa shape index (κ2) is 7.43. The van der Waals surface area contributed by atoms with Crippen LogP contribution in [0.1, 0.15) is 42.5 Å². The van der Waals surface area contributed by atoms with E-state index < -0.39 is 0 Å². The molecule has 2 aliphatic heterocycles. The number of hydrogen-bond donors (Lipinski definition) is 0. The Hall–Kier alpha value is -2.21. The molecule has 4 heterocycles. The van der Waals surface area contributed by atoms with E-state index in [-0.39, 0.29) is 0 Å². The SMILES string of the molecule is Cc1nn(C)cc1CN1CCC2(CCC(=O)N(Cc3ccncc3)C2)CC1. The Bertz CT molecular complexity index is 792. The Labute approximate surface area is 161 Å². The molecule has 0 unspecified atom stereocenters. The van der Waals surface area contributed by atoms with Crippen LogP contribution in [0.25, 0.3) is 0 Å². The van der Waals surface area contributed by atoms with Crippen LogP contribution in [-0.2, 0) is 24.9 Å². The summed E-state index contributed by atoms with van der Waals surface area (Å²) < 4.78 is 1.90. The van der Waals surface area contributed by atoms with Crippen molar-refractivity contribution in [2.45, 2.75) is 45.7 Å². The van der Waals surface area contributed by atoms with Gasteiger partial charge in [0.2, 0.25) is 5.91 Å². The number of amides is 1. The number of aromatic nitrogens is 3. The number of likely N-dealkylation sites (tertiary alicyclic amines) is 2. The van der Waals surface area contributed by atoms with Gasteiger partial charge in [0.25, 0.3) is 0 Å². The van der Waals surface area contributed by atoms with Gasteiger partial charge in [0.1, 0.15) is 0 Å². The van der Waals surface area contributed by atoms with E-state index in [1.807, 2.05) is 23.9 Å². The van der Waals surface area contributed by atoms with Gasteiger partial charge in [0.15, 0.2) is 0 Å². The third-order valence-electron chi connectivity index (χ3n) is 6.30. The third-order valence-corrected chi connectivity index (χ3v) is 6.30. The van der Waals surface area contributed by atoms with Gasteiger partial charge in [-0.15, -0.1) is 0 Å². The number of nitrogens with zero attached hydrogens (tertiary/aromatic N) is 5. The van der Waals surface area contributed by atoms with Crippen molar-refractivity contribution >= 4 is 5.91 Å². The molecule has 0 aliphatic carbocycles. The van der Waals surface area contributed by atoms with Crippen LogP contribution < -0.4 is 0 Å². The number of carbonyl (C=O) groups is 1. The van der Waals surface area contributed by atoms with Gasteiger partial charge in [0.05, 0.1) is 5.69 Å². The maximum absolute atomic E-state index is 12.5. The molecule has 0 N–H and O–H groups in total. The van der Waals surface area contributed by atoms with Gasteiger partial charge in [-0.25, -0.2) is 0 Å². The highest BCUT2D eigenvalue weighted by atomic mass is 16.2. The first-order valence-corrected chi connectivity index (χ1v) is 9.91. The van der Waals surface area contributed by atoms with Gasteiger partial charge < -0.3 is 4.90 Å². The summed E-state index contributed by atoms with van der Waals surface area (Å²) in [6.07, 6.45) is 9.82. The Kier molecular flexibility index (Phi) is 5.00. The maximum Gasteiger partial charge on any atom is 0.222 e. The fourth-order valence-electron chi connectivity index (χ4n) is 4.59. The van der Waals surface area contributed by atoms with Crippen LogP contribution >= 0.6 is 0 Å². The first-order chi connectivity index (χ1) is 13.0. The average Bonchev–Trinajstić information content (AvgIpc) is 2.98. The van der Waals surface area contributed by atoms with Crippen LogP contribution in [0.5, 0.6) is 0 Å². The average molecular weight is 367 g/mol. The van der Waals surface area contributed by atoms with Crippen molar-refractivity contribution in [1.82, 2.24) is 24.6 Å². The molecule has 2 fully saturated rings. The normalized spacial score (nSPS) is 20.4. The zero-order chi connectivity index (χ0) is 18.9. The van der Waals surface area contributed by atoms with Crippen LogP contribution in [0, 0.1) is 12.3 Å². The molecule has 0 bridgehead atoms. The van der Waals surface area contributed by atoms with E-state index in [4.69, 9.17) is 0 Å². The molecule has 2 aromatic heterocycles. The highest BCUT2D eigenvalue weighted by Crippen LogP contribution is 2.40. The fraction of sp³-hybridized carbons (Fsp3) is 0.571. The molecule has 0 atom stereocenters. The van der Waals surface area contributed by atoms with Gasteiger partial charge in [0, 0.05) is 57.3 Å². The van der Waals surface area contributed by atoms with E-state index in [9.17, 15) is 4.79 Å². The molecule has 2 saturated heterocycles. The van der Waals surface area contributed by atoms with Gasteiger partial charge in [-0.1, -0.05) is 0 Å². The molecule has 0 aromatic carbocycles. The van der Waals surface area contributed by atoms with Crippen molar-refractivity contribution in [3.05, 3.63) is 47.5 Å². The molecule has 27 heavy (non-hydrogen) atoms. The summed E-state index contributed by atoms with van der Waals surface area (Å²) in [6.45, 7) is 6.88. The summed E-state index contributed by atoms with van der Waals surface area (Å²) in [5, 5.41) is 4.46. The van der Waals surface area contributed by atoms with Gasteiger partial charge in [-0.2, -0.15) is 5.10 Å². The molecule has 0 radical (unpaired) electrons. The predicted octanol–water partition coefficient (Wildman–Crippen LogP) is 2.53. The molecular weight excluding hydrogens is 338 g/mol. The van der Waals surface area contributed by atoms with Gasteiger partial charge >= 0.3 is 0 Å². The van der Waals surface area contributed by atoms with Crippen molar-refractivity contribution < 1.29 is 4.79 Å². The summed E-state index contributed by atoms with van der Waals surface area (Å²) in [5.74, 6) is 0.297. The summed E-state index contributed by atoms with van der Waals surface area (Å²) in [7, 11) is 1.98. The van der Waals surface area contributed by atoms with E-state index in [0.29, 0.717) is 24.3 Å². The molecule has 2 aliphatic rings. The van der Waals surface area contributed by atoms with Gasteiger partial charge in [-0.05, 0) is 62.4 Å². The minimum atomic E-state index is 0.293. The lowest BCUT2D eigenvalue weighted by atomic mass is 9.72. The van der Waals surface area contributed by atoms with Crippen LogP contribution in [0.4, 0.5) is 0 Å². The zero-order valence-electron chi connectivity index (χ0n) is 16.4. The lowest BCUT2D eigenvalue weighted by molar-refractivity contribution is -0.140. The minimum Gasteiger partial charge on any atom is -0.338 e. The van der Waals surface area contributed by atoms with E-state index in [1.54, 1.807) is 12.4 Å². The van der Waals surface area contributed by atoms with E-state index in [1.165, 1.54) is 24.0 Å². The largest absolute Gasteiger partial charge is 0.338 e. The van der Waals surface area contributed by atoms with Crippen LogP contribution in [0.3, 0.4) is 0 Å². The number of hydrogen-bond acceptors (Lipinski definition) is 4. The van der Waals surface area contributed by atoms with Crippen molar-refractivity contribution in [3.63, 3.8) is 0 Å². The summed E-state index contributed by atoms with van der Waals surface area (Å²) in [6, 6.07) is 4.01. The van der Waals surface area contributed by atoms with Crippen LogP contribution in [-0.4, -0.2) is 50.1 Å². The highest BCUT2D eigenvalue weighted by molar-refractivity contribution is 5.77. The molecule has 6 heteroatoms. The predicted molar refractivity (Wildman–Crippen MR) is 104 cm³/mol. The molecule has 1 amide bonds. The summed E-state index contributed by atoms with van der Waals surface area (Å²) in [5.41, 5.74) is 3.91. The highest BCUT2D eigenvalue weighted by Gasteiger charge is 2.40. The number of rotatable bonds is 4. The number of aryl methyl sites for hydroxylation is 2. The molecule has 2 aromatic rings. The maximum atomic E-state index is 12.5. The van der Waals surface area contributed by atoms with E-state index >= 15 is 0 Å². The van der Waals surface area contributed by atoms with Crippen LogP contribution in [0.2, 0.25) is 0 Å². The lowest BCUT2D eigenvalue weighted by Gasteiger charge is -2.47. The summed E-state index contributed by atoms with van der Waals surface area (Å²) >= 11 is 0.